The molecule has 3 aromatic heterocycles. The number of benzene rings is 2. The lowest BCUT2D eigenvalue weighted by molar-refractivity contribution is 0.733. The van der Waals surface area contributed by atoms with Crippen LogP contribution in [0.1, 0.15) is 55.6 Å². The monoisotopic (exact) mass is 454 g/mol. The molecule has 0 radical (unpaired) electrons. The zero-order chi connectivity index (χ0) is 24.6. The Morgan fingerprint density at radius 3 is 1.03 bits per heavy atom. The molecule has 0 saturated heterocycles. The minimum absolute atomic E-state index is 0.679. The molecule has 0 amide bonds. The van der Waals surface area contributed by atoms with Crippen LogP contribution in [0.3, 0.4) is 0 Å². The lowest BCUT2D eigenvalue weighted by Crippen LogP contribution is -2.12. The van der Waals surface area contributed by atoms with Gasteiger partial charge in [0, 0.05) is 11.1 Å². The average molecular weight is 455 g/mol. The van der Waals surface area contributed by atoms with E-state index in [4.69, 9.17) is 0 Å². The molecule has 5 aromatic rings. The second-order valence-corrected chi connectivity index (χ2v) is 9.49. The Bertz CT molecular complexity index is 1530. The van der Waals surface area contributed by atoms with Crippen LogP contribution >= 0.6 is 0 Å². The largest absolute Gasteiger partial charge is 0.192 e. The summed E-state index contributed by atoms with van der Waals surface area (Å²) in [6.07, 6.45) is 0. The van der Waals surface area contributed by atoms with Crippen molar-refractivity contribution < 1.29 is 0 Å². The third-order valence-electron chi connectivity index (χ3n) is 8.01. The van der Waals surface area contributed by atoms with Crippen LogP contribution in [0, 0.1) is 69.2 Å². The van der Waals surface area contributed by atoms with E-state index in [0.29, 0.717) is 11.6 Å². The van der Waals surface area contributed by atoms with E-state index in [-0.39, 0.29) is 0 Å². The fourth-order valence-electron chi connectivity index (χ4n) is 4.86. The molecule has 0 N–H and O–H groups in total. The summed E-state index contributed by atoms with van der Waals surface area (Å²) in [5.41, 5.74) is 15.3. The standard InChI is InChI=1S/C26H30N8/c1-11-13(3)17(7)23-21(15(11)5)27-31-33(23)25-19(9)20(10)26(30-29-25)34-24-18(8)14(4)12(2)16(6)22(24)28-32-34/h1-10H3. The van der Waals surface area contributed by atoms with E-state index in [1.807, 2.05) is 23.2 Å². The van der Waals surface area contributed by atoms with Crippen molar-refractivity contribution in [3.8, 4) is 11.6 Å². The highest BCUT2D eigenvalue weighted by molar-refractivity contribution is 5.86. The van der Waals surface area contributed by atoms with Crippen LogP contribution in [0.5, 0.6) is 0 Å². The summed E-state index contributed by atoms with van der Waals surface area (Å²) in [4.78, 5) is 0. The quantitative estimate of drug-likeness (QED) is 0.372. The summed E-state index contributed by atoms with van der Waals surface area (Å²) in [6, 6.07) is 0. The zero-order valence-electron chi connectivity index (χ0n) is 21.6. The highest BCUT2D eigenvalue weighted by Gasteiger charge is 2.23. The first kappa shape index (κ1) is 22.1. The first-order valence-corrected chi connectivity index (χ1v) is 11.5. The number of hydrogen-bond donors (Lipinski definition) is 0. The Morgan fingerprint density at radius 2 is 0.676 bits per heavy atom. The number of aryl methyl sites for hydroxylation is 4. The minimum atomic E-state index is 0.679. The summed E-state index contributed by atoms with van der Waals surface area (Å²) >= 11 is 0. The molecule has 0 atom stereocenters. The van der Waals surface area contributed by atoms with Crippen LogP contribution in [0.4, 0.5) is 0 Å². The third kappa shape index (κ3) is 2.77. The molecule has 8 nitrogen and oxygen atoms in total. The summed E-state index contributed by atoms with van der Waals surface area (Å²) in [5.74, 6) is 1.36. The van der Waals surface area contributed by atoms with Gasteiger partial charge in [0.2, 0.25) is 0 Å². The molecule has 174 valence electrons. The van der Waals surface area contributed by atoms with Crippen LogP contribution in [0.25, 0.3) is 33.7 Å². The van der Waals surface area contributed by atoms with Gasteiger partial charge in [-0.2, -0.15) is 9.36 Å². The van der Waals surface area contributed by atoms with E-state index in [0.717, 1.165) is 55.4 Å². The van der Waals surface area contributed by atoms with E-state index < -0.39 is 0 Å². The molecule has 0 unspecified atom stereocenters. The smallest absolute Gasteiger partial charge is 0.181 e. The molecule has 0 spiro atoms. The Hall–Kier alpha value is -3.68. The molecule has 0 bridgehead atoms. The number of fused-ring (bicyclic) bond motifs is 2. The van der Waals surface area contributed by atoms with E-state index in [1.54, 1.807) is 0 Å². The summed E-state index contributed by atoms with van der Waals surface area (Å²) in [7, 11) is 0. The Labute approximate surface area is 199 Å². The second-order valence-electron chi connectivity index (χ2n) is 9.49. The van der Waals surface area contributed by atoms with Crippen molar-refractivity contribution in [1.29, 1.82) is 0 Å². The molecule has 2 aromatic carbocycles. The van der Waals surface area contributed by atoms with Crippen molar-refractivity contribution in [2.24, 2.45) is 0 Å². The first-order valence-electron chi connectivity index (χ1n) is 11.5. The molecule has 8 heteroatoms. The number of aromatic nitrogens is 8. The van der Waals surface area contributed by atoms with Crippen LogP contribution in [-0.4, -0.2) is 40.2 Å². The van der Waals surface area contributed by atoms with Gasteiger partial charge >= 0.3 is 0 Å². The molecule has 0 aliphatic rings. The third-order valence-corrected chi connectivity index (χ3v) is 8.01. The Morgan fingerprint density at radius 1 is 0.353 bits per heavy atom. The molecule has 5 rings (SSSR count). The number of rotatable bonds is 2. The van der Waals surface area contributed by atoms with Gasteiger partial charge in [0.05, 0.1) is 11.0 Å². The second kappa shape index (κ2) is 7.41. The normalized spacial score (nSPS) is 11.8. The predicted molar refractivity (Wildman–Crippen MR) is 134 cm³/mol. The highest BCUT2D eigenvalue weighted by atomic mass is 15.5. The van der Waals surface area contributed by atoms with Crippen molar-refractivity contribution in [3.05, 3.63) is 55.6 Å². The van der Waals surface area contributed by atoms with E-state index in [2.05, 4.69) is 86.2 Å². The maximum Gasteiger partial charge on any atom is 0.181 e. The lowest BCUT2D eigenvalue weighted by atomic mass is 9.97. The fourth-order valence-corrected chi connectivity index (χ4v) is 4.86. The van der Waals surface area contributed by atoms with E-state index >= 15 is 0 Å². The molecule has 0 saturated carbocycles. The molecular weight excluding hydrogens is 424 g/mol. The molecule has 3 heterocycles. The van der Waals surface area contributed by atoms with Gasteiger partial charge in [-0.25, -0.2) is 0 Å². The topological polar surface area (TPSA) is 87.2 Å². The SMILES string of the molecule is Cc1c(-n2nnc3c(C)c(C)c(C)c(C)c32)nnc(-n2nnc3c(C)c(C)c(C)c(C)c32)c1C. The van der Waals surface area contributed by atoms with Crippen LogP contribution in [0.15, 0.2) is 0 Å². The molecule has 34 heavy (non-hydrogen) atoms. The summed E-state index contributed by atoms with van der Waals surface area (Å²) < 4.78 is 3.65. The van der Waals surface area contributed by atoms with Crippen molar-refractivity contribution in [3.63, 3.8) is 0 Å². The van der Waals surface area contributed by atoms with Crippen molar-refractivity contribution in [1.82, 2.24) is 40.2 Å². The van der Waals surface area contributed by atoms with Gasteiger partial charge in [-0.15, -0.1) is 20.4 Å². The predicted octanol–water partition coefficient (Wildman–Crippen LogP) is 5.03. The Kier molecular flexibility index (Phi) is 4.83. The van der Waals surface area contributed by atoms with Gasteiger partial charge in [0.15, 0.2) is 11.6 Å². The maximum absolute atomic E-state index is 4.63. The Balaban J connectivity index is 1.76. The van der Waals surface area contributed by atoms with E-state index in [1.165, 1.54) is 22.3 Å². The molecule has 0 aliphatic carbocycles. The fraction of sp³-hybridized carbons (Fsp3) is 0.385. The van der Waals surface area contributed by atoms with Crippen molar-refractivity contribution in [2.45, 2.75) is 69.2 Å². The number of nitrogens with zero attached hydrogens (tertiary/aromatic N) is 8. The van der Waals surface area contributed by atoms with Gasteiger partial charge in [0.25, 0.3) is 0 Å². The maximum atomic E-state index is 4.63. The van der Waals surface area contributed by atoms with Gasteiger partial charge in [-0.3, -0.25) is 0 Å². The zero-order valence-corrected chi connectivity index (χ0v) is 21.6. The van der Waals surface area contributed by atoms with Gasteiger partial charge in [-0.05, 0) is 114 Å². The average Bonchev–Trinajstić information content (AvgIpc) is 3.45. The number of hydrogen-bond acceptors (Lipinski definition) is 6. The molecular formula is C26H30N8. The van der Waals surface area contributed by atoms with Crippen LogP contribution < -0.4 is 0 Å². The van der Waals surface area contributed by atoms with Crippen LogP contribution in [0.2, 0.25) is 0 Å². The van der Waals surface area contributed by atoms with Crippen molar-refractivity contribution >= 4 is 22.1 Å². The van der Waals surface area contributed by atoms with Gasteiger partial charge < -0.3 is 0 Å². The highest BCUT2D eigenvalue weighted by Crippen LogP contribution is 2.32. The summed E-state index contributed by atoms with van der Waals surface area (Å²) in [5, 5.41) is 27.2. The first-order chi connectivity index (χ1) is 16.1. The van der Waals surface area contributed by atoms with Gasteiger partial charge in [0.1, 0.15) is 11.0 Å². The van der Waals surface area contributed by atoms with Crippen molar-refractivity contribution in [2.75, 3.05) is 0 Å². The summed E-state index contributed by atoms with van der Waals surface area (Å²) in [6.45, 7) is 21.1. The lowest BCUT2D eigenvalue weighted by Gasteiger charge is -2.15. The molecule has 0 aliphatic heterocycles. The van der Waals surface area contributed by atoms with Gasteiger partial charge in [-0.1, -0.05) is 10.4 Å². The molecule has 0 fully saturated rings. The van der Waals surface area contributed by atoms with Crippen LogP contribution in [-0.2, 0) is 0 Å². The van der Waals surface area contributed by atoms with E-state index in [9.17, 15) is 0 Å². The minimum Gasteiger partial charge on any atom is -0.192 e.